The summed E-state index contributed by atoms with van der Waals surface area (Å²) in [6.07, 6.45) is -1.35. The molecule has 1 aromatic carbocycles. The van der Waals surface area contributed by atoms with Crippen LogP contribution in [-0.4, -0.2) is 31.4 Å². The number of thioether (sulfide) groups is 1. The first-order chi connectivity index (χ1) is 15.3. The smallest absolute Gasteiger partial charge is 0.416 e. The van der Waals surface area contributed by atoms with Gasteiger partial charge in [0.1, 0.15) is 12.4 Å². The maximum atomic E-state index is 12.9. The summed E-state index contributed by atoms with van der Waals surface area (Å²) in [4.78, 5) is 16.1. The zero-order valence-corrected chi connectivity index (χ0v) is 18.0. The zero-order chi connectivity index (χ0) is 23.1. The van der Waals surface area contributed by atoms with Crippen molar-refractivity contribution in [1.29, 1.82) is 0 Å². The van der Waals surface area contributed by atoms with Gasteiger partial charge in [0.25, 0.3) is 0 Å². The Labute approximate surface area is 190 Å². The third-order valence-corrected chi connectivity index (χ3v) is 5.27. The van der Waals surface area contributed by atoms with E-state index in [9.17, 15) is 18.0 Å². The predicted octanol–water partition coefficient (Wildman–Crippen LogP) is 4.84. The van der Waals surface area contributed by atoms with Crippen LogP contribution in [0.2, 0.25) is 5.15 Å². The number of rotatable bonds is 9. The molecule has 7 nitrogen and oxygen atoms in total. The van der Waals surface area contributed by atoms with Gasteiger partial charge in [0.15, 0.2) is 16.1 Å². The number of anilines is 1. The van der Waals surface area contributed by atoms with Crippen LogP contribution in [0.3, 0.4) is 0 Å². The molecule has 0 saturated heterocycles. The van der Waals surface area contributed by atoms with Crippen molar-refractivity contribution in [3.05, 3.63) is 71.8 Å². The van der Waals surface area contributed by atoms with Gasteiger partial charge in [-0.2, -0.15) is 13.2 Å². The number of pyridine rings is 1. The van der Waals surface area contributed by atoms with Gasteiger partial charge in [-0.25, -0.2) is 4.98 Å². The second kappa shape index (κ2) is 10.5. The first-order valence-electron chi connectivity index (χ1n) is 9.14. The van der Waals surface area contributed by atoms with Crippen LogP contribution >= 0.6 is 23.4 Å². The standard InChI is InChI=1S/C20H17ClF3N5O2S/c1-2-9-29-16(11-31-14-6-3-5-13(10-14)20(22,23)24)27-28-19(29)32-12-17(30)26-15-7-4-8-25-18(15)21/h2-8,10H,1,9,11-12H2,(H,26,30). The van der Waals surface area contributed by atoms with E-state index in [4.69, 9.17) is 16.3 Å². The summed E-state index contributed by atoms with van der Waals surface area (Å²) in [7, 11) is 0. The molecule has 0 aliphatic carbocycles. The van der Waals surface area contributed by atoms with Gasteiger partial charge >= 0.3 is 6.18 Å². The predicted molar refractivity (Wildman–Crippen MR) is 115 cm³/mol. The van der Waals surface area contributed by atoms with E-state index in [0.717, 1.165) is 23.9 Å². The van der Waals surface area contributed by atoms with Crippen LogP contribution in [0.1, 0.15) is 11.4 Å². The van der Waals surface area contributed by atoms with Gasteiger partial charge < -0.3 is 10.1 Å². The Bertz CT molecular complexity index is 1110. The molecule has 1 amide bonds. The van der Waals surface area contributed by atoms with E-state index >= 15 is 0 Å². The van der Waals surface area contributed by atoms with Crippen LogP contribution in [-0.2, 0) is 24.1 Å². The molecular weight excluding hydrogens is 467 g/mol. The molecule has 0 atom stereocenters. The fourth-order valence-electron chi connectivity index (χ4n) is 2.55. The summed E-state index contributed by atoms with van der Waals surface area (Å²) in [6.45, 7) is 3.90. The van der Waals surface area contributed by atoms with Crippen LogP contribution < -0.4 is 10.1 Å². The molecule has 0 aliphatic heterocycles. The largest absolute Gasteiger partial charge is 0.486 e. The third kappa shape index (κ3) is 6.24. The summed E-state index contributed by atoms with van der Waals surface area (Å²) < 4.78 is 45.7. The highest BCUT2D eigenvalue weighted by molar-refractivity contribution is 7.99. The topological polar surface area (TPSA) is 81.9 Å². The maximum Gasteiger partial charge on any atom is 0.416 e. The van der Waals surface area contributed by atoms with E-state index in [1.807, 2.05) is 0 Å². The second-order valence-electron chi connectivity index (χ2n) is 6.29. The van der Waals surface area contributed by atoms with Gasteiger partial charge in [-0.05, 0) is 30.3 Å². The lowest BCUT2D eigenvalue weighted by Gasteiger charge is -2.11. The van der Waals surface area contributed by atoms with Crippen LogP contribution in [0, 0.1) is 0 Å². The van der Waals surface area contributed by atoms with Crippen molar-refractivity contribution >= 4 is 35.0 Å². The monoisotopic (exact) mass is 483 g/mol. The highest BCUT2D eigenvalue weighted by atomic mass is 35.5. The zero-order valence-electron chi connectivity index (χ0n) is 16.5. The Balaban J connectivity index is 1.64. The molecule has 2 heterocycles. The third-order valence-electron chi connectivity index (χ3n) is 4.00. The average molecular weight is 484 g/mol. The Morgan fingerprint density at radius 1 is 1.28 bits per heavy atom. The molecule has 32 heavy (non-hydrogen) atoms. The molecule has 3 aromatic rings. The molecule has 3 rings (SSSR count). The van der Waals surface area contributed by atoms with Crippen LogP contribution in [0.15, 0.2) is 60.4 Å². The first-order valence-corrected chi connectivity index (χ1v) is 10.5. The van der Waals surface area contributed by atoms with E-state index < -0.39 is 11.7 Å². The van der Waals surface area contributed by atoms with E-state index in [0.29, 0.717) is 23.2 Å². The lowest BCUT2D eigenvalue weighted by Crippen LogP contribution is -2.15. The Hall–Kier alpha value is -3.05. The summed E-state index contributed by atoms with van der Waals surface area (Å²) in [5, 5.41) is 11.3. The molecule has 1 N–H and O–H groups in total. The fraction of sp³-hybridized carbons (Fsp3) is 0.200. The highest BCUT2D eigenvalue weighted by Crippen LogP contribution is 2.31. The van der Waals surface area contributed by atoms with Crippen molar-refractivity contribution in [3.8, 4) is 5.75 Å². The number of nitrogens with zero attached hydrogens (tertiary/aromatic N) is 4. The van der Waals surface area contributed by atoms with Crippen molar-refractivity contribution in [1.82, 2.24) is 19.7 Å². The van der Waals surface area contributed by atoms with E-state index in [1.54, 1.807) is 22.8 Å². The summed E-state index contributed by atoms with van der Waals surface area (Å²) in [5.41, 5.74) is -0.416. The molecule has 2 aromatic heterocycles. The number of alkyl halides is 3. The van der Waals surface area contributed by atoms with Crippen LogP contribution in [0.25, 0.3) is 0 Å². The van der Waals surface area contributed by atoms with Crippen molar-refractivity contribution in [2.75, 3.05) is 11.1 Å². The Morgan fingerprint density at radius 2 is 2.09 bits per heavy atom. The molecular formula is C20H17ClF3N5O2S. The molecule has 0 aliphatic rings. The molecule has 0 fully saturated rings. The minimum atomic E-state index is -4.47. The molecule has 0 spiro atoms. The van der Waals surface area contributed by atoms with Crippen molar-refractivity contribution in [3.63, 3.8) is 0 Å². The van der Waals surface area contributed by atoms with Gasteiger partial charge in [0, 0.05) is 12.7 Å². The number of hydrogen-bond acceptors (Lipinski definition) is 6. The van der Waals surface area contributed by atoms with Crippen LogP contribution in [0.4, 0.5) is 18.9 Å². The van der Waals surface area contributed by atoms with E-state index in [2.05, 4.69) is 27.1 Å². The number of ether oxygens (including phenoxy) is 1. The van der Waals surface area contributed by atoms with Crippen LogP contribution in [0.5, 0.6) is 5.75 Å². The first kappa shape index (κ1) is 23.6. The van der Waals surface area contributed by atoms with E-state index in [1.165, 1.54) is 18.3 Å². The quantitative estimate of drug-likeness (QED) is 0.266. The van der Waals surface area contributed by atoms with Crippen molar-refractivity contribution in [2.45, 2.75) is 24.5 Å². The van der Waals surface area contributed by atoms with Gasteiger partial charge in [0.2, 0.25) is 5.91 Å². The minimum Gasteiger partial charge on any atom is -0.486 e. The number of carbonyl (C=O) groups is 1. The lowest BCUT2D eigenvalue weighted by molar-refractivity contribution is -0.137. The van der Waals surface area contributed by atoms with E-state index in [-0.39, 0.29) is 29.2 Å². The molecule has 168 valence electrons. The fourth-order valence-corrected chi connectivity index (χ4v) is 3.48. The number of allylic oxidation sites excluding steroid dienone is 1. The normalized spacial score (nSPS) is 11.2. The number of aromatic nitrogens is 4. The SMILES string of the molecule is C=CCn1c(COc2cccc(C(F)(F)F)c2)nnc1SCC(=O)Nc1cccnc1Cl. The molecule has 0 radical (unpaired) electrons. The number of nitrogens with one attached hydrogen (secondary N) is 1. The van der Waals surface area contributed by atoms with Crippen molar-refractivity contribution in [2.24, 2.45) is 0 Å². The van der Waals surface area contributed by atoms with Gasteiger partial charge in [0.05, 0.1) is 17.0 Å². The Morgan fingerprint density at radius 3 is 2.81 bits per heavy atom. The van der Waals surface area contributed by atoms with Gasteiger partial charge in [-0.15, -0.1) is 16.8 Å². The lowest BCUT2D eigenvalue weighted by atomic mass is 10.2. The highest BCUT2D eigenvalue weighted by Gasteiger charge is 2.30. The second-order valence-corrected chi connectivity index (χ2v) is 7.59. The van der Waals surface area contributed by atoms with Gasteiger partial charge in [-0.1, -0.05) is 35.5 Å². The molecule has 0 bridgehead atoms. The summed E-state index contributed by atoms with van der Waals surface area (Å²) in [5.74, 6) is 0.130. The number of halogens is 4. The minimum absolute atomic E-state index is 0.0228. The molecule has 0 unspecified atom stereocenters. The number of benzene rings is 1. The number of amides is 1. The summed E-state index contributed by atoms with van der Waals surface area (Å²) >= 11 is 7.06. The molecule has 12 heteroatoms. The summed E-state index contributed by atoms with van der Waals surface area (Å²) in [6, 6.07) is 7.84. The van der Waals surface area contributed by atoms with Crippen molar-refractivity contribution < 1.29 is 22.7 Å². The average Bonchev–Trinajstić information content (AvgIpc) is 3.14. The molecule has 0 saturated carbocycles. The number of hydrogen-bond donors (Lipinski definition) is 1. The Kier molecular flexibility index (Phi) is 7.75. The van der Waals surface area contributed by atoms with Gasteiger partial charge in [-0.3, -0.25) is 9.36 Å². The number of carbonyl (C=O) groups excluding carboxylic acids is 1. The maximum absolute atomic E-state index is 12.9.